The van der Waals surface area contributed by atoms with Gasteiger partial charge < -0.3 is 9.88 Å². The Labute approximate surface area is 165 Å². The number of halogens is 2. The third-order valence-electron chi connectivity index (χ3n) is 5.53. The molecule has 0 radical (unpaired) electrons. The second kappa shape index (κ2) is 6.75. The highest BCUT2D eigenvalue weighted by Gasteiger charge is 2.28. The lowest BCUT2D eigenvalue weighted by Crippen LogP contribution is -2.19. The van der Waals surface area contributed by atoms with E-state index in [9.17, 15) is 8.78 Å². The summed E-state index contributed by atoms with van der Waals surface area (Å²) in [5, 5.41) is 7.91. The molecule has 0 spiro atoms. The van der Waals surface area contributed by atoms with Crippen molar-refractivity contribution in [2.45, 2.75) is 45.7 Å². The summed E-state index contributed by atoms with van der Waals surface area (Å²) in [6, 6.07) is 4.13. The Kier molecular flexibility index (Phi) is 4.18. The number of alkyl halides is 2. The van der Waals surface area contributed by atoms with Crippen molar-refractivity contribution in [2.75, 3.05) is 5.32 Å². The van der Waals surface area contributed by atoms with Crippen molar-refractivity contribution < 1.29 is 8.78 Å². The molecule has 4 heterocycles. The maximum Gasteiger partial charge on any atom is 0.256 e. The second-order valence-corrected chi connectivity index (χ2v) is 7.64. The molecule has 150 valence electrons. The summed E-state index contributed by atoms with van der Waals surface area (Å²) in [5.74, 6) is 1.82. The number of hydrogen-bond acceptors (Lipinski definition) is 5. The summed E-state index contributed by atoms with van der Waals surface area (Å²) in [6.07, 6.45) is 5.39. The van der Waals surface area contributed by atoms with Gasteiger partial charge in [0.1, 0.15) is 5.82 Å². The molecule has 4 aromatic heterocycles. The predicted molar refractivity (Wildman–Crippen MR) is 106 cm³/mol. The minimum atomic E-state index is -2.46. The molecule has 0 saturated heterocycles. The van der Waals surface area contributed by atoms with Crippen molar-refractivity contribution in [1.82, 2.24) is 29.1 Å². The average molecular weight is 397 g/mol. The van der Waals surface area contributed by atoms with Gasteiger partial charge in [-0.1, -0.05) is 0 Å². The predicted octanol–water partition coefficient (Wildman–Crippen LogP) is 3.92. The van der Waals surface area contributed by atoms with Gasteiger partial charge in [-0.3, -0.25) is 0 Å². The highest BCUT2D eigenvalue weighted by atomic mass is 19.3. The smallest absolute Gasteiger partial charge is 0.256 e. The number of pyridine rings is 1. The van der Waals surface area contributed by atoms with Crippen LogP contribution in [0.2, 0.25) is 0 Å². The summed E-state index contributed by atoms with van der Waals surface area (Å²) in [5.41, 5.74) is 3.59. The first kappa shape index (κ1) is 18.0. The molecular formula is C20H21F2N7. The van der Waals surface area contributed by atoms with Gasteiger partial charge in [-0.25, -0.2) is 28.2 Å². The van der Waals surface area contributed by atoms with Crippen LogP contribution in [0.25, 0.3) is 27.8 Å². The highest BCUT2D eigenvalue weighted by molar-refractivity contribution is 5.85. The molecule has 0 bridgehead atoms. The van der Waals surface area contributed by atoms with Crippen LogP contribution in [0.15, 0.2) is 30.7 Å². The Bertz CT molecular complexity index is 1190. The fourth-order valence-electron chi connectivity index (χ4n) is 3.76. The Hall–Kier alpha value is -3.10. The lowest BCUT2D eigenvalue weighted by Gasteiger charge is -2.12. The summed E-state index contributed by atoms with van der Waals surface area (Å²) < 4.78 is 29.2. The van der Waals surface area contributed by atoms with Crippen LogP contribution < -0.4 is 5.32 Å². The number of aromatic nitrogens is 6. The summed E-state index contributed by atoms with van der Waals surface area (Å²) in [4.78, 5) is 13.1. The molecule has 1 aliphatic rings. The molecule has 1 aliphatic carbocycles. The van der Waals surface area contributed by atoms with Crippen molar-refractivity contribution in [3.8, 4) is 11.1 Å². The normalized spacial score (nSPS) is 15.5. The van der Waals surface area contributed by atoms with E-state index in [2.05, 4.69) is 32.3 Å². The molecule has 1 fully saturated rings. The fraction of sp³-hybridized carbons (Fsp3) is 0.400. The number of imidazole rings is 1. The molecule has 0 aromatic carbocycles. The molecule has 0 aliphatic heterocycles. The first-order valence-electron chi connectivity index (χ1n) is 9.72. The molecule has 0 amide bonds. The SMILES string of the molecule is Cc1nc2ncc(-c3ccn4nc(N[C@H](C)C5CC5)ncc34)cc2n1CC(F)F. The van der Waals surface area contributed by atoms with E-state index in [1.54, 1.807) is 23.8 Å². The molecule has 1 saturated carbocycles. The van der Waals surface area contributed by atoms with Crippen LogP contribution in [0.3, 0.4) is 0 Å². The monoisotopic (exact) mass is 397 g/mol. The minimum absolute atomic E-state index is 0.354. The van der Waals surface area contributed by atoms with E-state index in [-0.39, 0.29) is 0 Å². The quantitative estimate of drug-likeness (QED) is 0.534. The van der Waals surface area contributed by atoms with E-state index < -0.39 is 13.0 Å². The van der Waals surface area contributed by atoms with Gasteiger partial charge >= 0.3 is 0 Å². The van der Waals surface area contributed by atoms with Crippen molar-refractivity contribution in [1.29, 1.82) is 0 Å². The van der Waals surface area contributed by atoms with Crippen LogP contribution in [0.5, 0.6) is 0 Å². The van der Waals surface area contributed by atoms with Crippen LogP contribution in [0, 0.1) is 12.8 Å². The van der Waals surface area contributed by atoms with Crippen molar-refractivity contribution >= 4 is 22.6 Å². The lowest BCUT2D eigenvalue weighted by atomic mass is 10.1. The maximum atomic E-state index is 13.0. The van der Waals surface area contributed by atoms with Gasteiger partial charge in [-0.2, -0.15) is 0 Å². The third-order valence-corrected chi connectivity index (χ3v) is 5.53. The number of nitrogens with one attached hydrogen (secondary N) is 1. The van der Waals surface area contributed by atoms with Gasteiger partial charge in [0, 0.05) is 29.6 Å². The van der Waals surface area contributed by atoms with E-state index in [1.807, 2.05) is 18.3 Å². The number of aryl methyl sites for hydroxylation is 1. The van der Waals surface area contributed by atoms with Gasteiger partial charge in [-0.15, -0.1) is 5.10 Å². The summed E-state index contributed by atoms with van der Waals surface area (Å²) in [6.45, 7) is 3.46. The van der Waals surface area contributed by atoms with Gasteiger partial charge in [0.2, 0.25) is 5.95 Å². The van der Waals surface area contributed by atoms with E-state index in [1.165, 1.54) is 17.4 Å². The van der Waals surface area contributed by atoms with Gasteiger partial charge in [-0.05, 0) is 44.7 Å². The zero-order valence-corrected chi connectivity index (χ0v) is 16.2. The fourth-order valence-corrected chi connectivity index (χ4v) is 3.76. The first-order valence-corrected chi connectivity index (χ1v) is 9.72. The minimum Gasteiger partial charge on any atom is -0.350 e. The first-order chi connectivity index (χ1) is 14.0. The van der Waals surface area contributed by atoms with Crippen molar-refractivity contribution in [2.24, 2.45) is 5.92 Å². The molecule has 0 unspecified atom stereocenters. The van der Waals surface area contributed by atoms with Crippen LogP contribution in [-0.4, -0.2) is 41.6 Å². The number of rotatable bonds is 6. The average Bonchev–Trinajstić information content (AvgIpc) is 3.40. The number of hydrogen-bond donors (Lipinski definition) is 1. The van der Waals surface area contributed by atoms with Gasteiger partial charge in [0.15, 0.2) is 5.65 Å². The Balaban J connectivity index is 1.52. The molecule has 5 rings (SSSR count). The van der Waals surface area contributed by atoms with E-state index >= 15 is 0 Å². The molecule has 29 heavy (non-hydrogen) atoms. The largest absolute Gasteiger partial charge is 0.350 e. The summed E-state index contributed by atoms with van der Waals surface area (Å²) in [7, 11) is 0. The lowest BCUT2D eigenvalue weighted by molar-refractivity contribution is 0.127. The van der Waals surface area contributed by atoms with Gasteiger partial charge in [0.25, 0.3) is 6.43 Å². The zero-order valence-electron chi connectivity index (χ0n) is 16.2. The molecule has 9 heteroatoms. The number of fused-ring (bicyclic) bond motifs is 2. The molecule has 1 atom stereocenters. The highest BCUT2D eigenvalue weighted by Crippen LogP contribution is 2.33. The molecular weight excluding hydrogens is 376 g/mol. The van der Waals surface area contributed by atoms with E-state index in [0.29, 0.717) is 34.9 Å². The third kappa shape index (κ3) is 3.30. The number of anilines is 1. The van der Waals surface area contributed by atoms with Crippen LogP contribution in [-0.2, 0) is 6.54 Å². The standard InChI is InChI=1S/C20H21F2N7/c1-11(13-3-4-13)25-20-24-9-17-15(5-6-29(17)27-20)14-7-16-19(23-8-14)26-12(2)28(16)10-18(21)22/h5-9,11,13,18H,3-4,10H2,1-2H3,(H,25,27)/t11-/m1/s1. The number of nitrogens with zero attached hydrogens (tertiary/aromatic N) is 6. The van der Waals surface area contributed by atoms with Gasteiger partial charge in [0.05, 0.1) is 23.8 Å². The topological polar surface area (TPSA) is 72.9 Å². The Morgan fingerprint density at radius 1 is 1.21 bits per heavy atom. The van der Waals surface area contributed by atoms with E-state index in [0.717, 1.165) is 16.6 Å². The van der Waals surface area contributed by atoms with Crippen LogP contribution in [0.4, 0.5) is 14.7 Å². The van der Waals surface area contributed by atoms with Crippen LogP contribution >= 0.6 is 0 Å². The molecule has 1 N–H and O–H groups in total. The molecule has 4 aromatic rings. The second-order valence-electron chi connectivity index (χ2n) is 7.64. The Morgan fingerprint density at radius 2 is 2.03 bits per heavy atom. The maximum absolute atomic E-state index is 13.0. The Morgan fingerprint density at radius 3 is 2.79 bits per heavy atom. The molecule has 7 nitrogen and oxygen atoms in total. The van der Waals surface area contributed by atoms with Crippen molar-refractivity contribution in [3.05, 3.63) is 36.5 Å². The zero-order chi connectivity index (χ0) is 20.1. The van der Waals surface area contributed by atoms with E-state index in [4.69, 9.17) is 0 Å². The summed E-state index contributed by atoms with van der Waals surface area (Å²) >= 11 is 0. The van der Waals surface area contributed by atoms with Crippen molar-refractivity contribution in [3.63, 3.8) is 0 Å². The van der Waals surface area contributed by atoms with Crippen LogP contribution in [0.1, 0.15) is 25.6 Å².